The van der Waals surface area contributed by atoms with E-state index >= 15 is 0 Å². The van der Waals surface area contributed by atoms with Gasteiger partial charge in [-0.25, -0.2) is 4.79 Å². The summed E-state index contributed by atoms with van der Waals surface area (Å²) < 4.78 is 6.13. The van der Waals surface area contributed by atoms with Crippen LogP contribution in [-0.2, 0) is 16.1 Å². The van der Waals surface area contributed by atoms with Gasteiger partial charge in [-0.15, -0.1) is 0 Å². The Kier molecular flexibility index (Phi) is 6.70. The van der Waals surface area contributed by atoms with Crippen LogP contribution in [0.5, 0.6) is 0 Å². The maximum absolute atomic E-state index is 12.3. The Bertz CT molecular complexity index is 931. The van der Waals surface area contributed by atoms with Crippen molar-refractivity contribution in [1.29, 1.82) is 0 Å². The third kappa shape index (κ3) is 4.93. The van der Waals surface area contributed by atoms with Crippen LogP contribution in [0, 0.1) is 0 Å². The average molecular weight is 373 g/mol. The molecule has 1 heterocycles. The molecule has 1 atom stereocenters. The Balaban J connectivity index is 2.05. The summed E-state index contributed by atoms with van der Waals surface area (Å²) in [5.41, 5.74) is 4.87. The molecule has 0 unspecified atom stereocenters. The topological polar surface area (TPSA) is 124 Å². The number of nitrogens with one attached hydrogen (secondary N) is 1. The second-order valence-corrected chi connectivity index (χ2v) is 6.27. The summed E-state index contributed by atoms with van der Waals surface area (Å²) in [6, 6.07) is 9.44. The average Bonchev–Trinajstić information content (AvgIpc) is 2.64. The lowest BCUT2D eigenvalue weighted by Gasteiger charge is -2.13. The number of nitrogen functional groups attached to an aromatic ring is 1. The number of nitrogens with zero attached hydrogens (tertiary/aromatic N) is 1. The van der Waals surface area contributed by atoms with Crippen LogP contribution in [0.25, 0.3) is 0 Å². The van der Waals surface area contributed by atoms with Gasteiger partial charge < -0.3 is 10.5 Å². The van der Waals surface area contributed by atoms with Crippen molar-refractivity contribution in [3.8, 4) is 0 Å². The van der Waals surface area contributed by atoms with Gasteiger partial charge in [0.1, 0.15) is 11.4 Å². The fraction of sp³-hybridized carbons (Fsp3) is 0.368. The van der Waals surface area contributed by atoms with Gasteiger partial charge in [-0.05, 0) is 17.9 Å². The van der Waals surface area contributed by atoms with Crippen molar-refractivity contribution in [3.63, 3.8) is 0 Å². The Hall–Kier alpha value is -3.16. The van der Waals surface area contributed by atoms with Crippen LogP contribution >= 0.6 is 0 Å². The highest BCUT2D eigenvalue weighted by molar-refractivity contribution is 6.01. The molecular formula is C19H23N3O5. The van der Waals surface area contributed by atoms with Gasteiger partial charge in [-0.2, -0.15) is 0 Å². The molecule has 2 aromatic rings. The summed E-state index contributed by atoms with van der Waals surface area (Å²) >= 11 is 0. The molecule has 0 aliphatic rings. The number of ketones is 1. The molecule has 1 aromatic heterocycles. The molecule has 0 spiro atoms. The van der Waals surface area contributed by atoms with Gasteiger partial charge in [0.05, 0.1) is 6.42 Å². The Morgan fingerprint density at radius 3 is 2.52 bits per heavy atom. The summed E-state index contributed by atoms with van der Waals surface area (Å²) in [5, 5.41) is 0. The molecule has 0 amide bonds. The minimum atomic E-state index is -0.886. The Labute approximate surface area is 156 Å². The maximum atomic E-state index is 12.3. The number of Topliss-reactive ketones (excluding diaryl/α,β-unsaturated/α-hetero) is 1. The molecule has 0 aliphatic carbocycles. The Morgan fingerprint density at radius 2 is 1.89 bits per heavy atom. The number of aromatic amines is 1. The van der Waals surface area contributed by atoms with Crippen molar-refractivity contribution in [1.82, 2.24) is 9.55 Å². The van der Waals surface area contributed by atoms with Crippen molar-refractivity contribution < 1.29 is 14.3 Å². The van der Waals surface area contributed by atoms with Crippen LogP contribution in [0.1, 0.15) is 48.5 Å². The number of rotatable bonds is 8. The van der Waals surface area contributed by atoms with Crippen LogP contribution < -0.4 is 17.0 Å². The molecule has 0 saturated heterocycles. The molecule has 0 aliphatic heterocycles. The molecule has 1 aromatic carbocycles. The Morgan fingerprint density at radius 1 is 1.22 bits per heavy atom. The molecule has 8 nitrogen and oxygen atoms in total. The van der Waals surface area contributed by atoms with Crippen molar-refractivity contribution in [2.45, 2.75) is 39.2 Å². The summed E-state index contributed by atoms with van der Waals surface area (Å²) in [5.74, 6) is -1.60. The number of esters is 1. The van der Waals surface area contributed by atoms with E-state index in [1.54, 1.807) is 0 Å². The van der Waals surface area contributed by atoms with E-state index < -0.39 is 29.6 Å². The third-order valence-corrected chi connectivity index (χ3v) is 4.17. The van der Waals surface area contributed by atoms with Crippen LogP contribution in [-0.4, -0.2) is 27.9 Å². The van der Waals surface area contributed by atoms with E-state index in [1.807, 2.05) is 44.2 Å². The van der Waals surface area contributed by atoms with E-state index in [-0.39, 0.29) is 30.3 Å². The smallest absolute Gasteiger partial charge is 0.329 e. The molecular weight excluding hydrogens is 350 g/mol. The van der Waals surface area contributed by atoms with Crippen LogP contribution in [0.3, 0.4) is 0 Å². The second kappa shape index (κ2) is 8.98. The van der Waals surface area contributed by atoms with Gasteiger partial charge in [-0.3, -0.25) is 23.9 Å². The lowest BCUT2D eigenvalue weighted by molar-refractivity contribution is -0.142. The number of carbonyl (C=O) groups excluding carboxylic acids is 2. The lowest BCUT2D eigenvalue weighted by atomic mass is 9.98. The number of benzene rings is 1. The first-order chi connectivity index (χ1) is 12.8. The van der Waals surface area contributed by atoms with Gasteiger partial charge in [0.2, 0.25) is 5.78 Å². The fourth-order valence-corrected chi connectivity index (χ4v) is 2.73. The quantitative estimate of drug-likeness (QED) is 0.533. The number of H-pyrrole nitrogens is 1. The number of hydrogen-bond donors (Lipinski definition) is 2. The number of ether oxygens (including phenoxy) is 1. The molecule has 0 saturated carbocycles. The minimum Gasteiger partial charge on any atom is -0.457 e. The first-order valence-electron chi connectivity index (χ1n) is 8.71. The minimum absolute atomic E-state index is 0.0752. The highest BCUT2D eigenvalue weighted by Crippen LogP contribution is 2.19. The van der Waals surface area contributed by atoms with Gasteiger partial charge >= 0.3 is 11.7 Å². The summed E-state index contributed by atoms with van der Waals surface area (Å²) in [6.45, 7) is 3.35. The highest BCUT2D eigenvalue weighted by Gasteiger charge is 2.21. The van der Waals surface area contributed by atoms with Crippen molar-refractivity contribution in [3.05, 3.63) is 62.3 Å². The van der Waals surface area contributed by atoms with E-state index in [4.69, 9.17) is 10.5 Å². The van der Waals surface area contributed by atoms with E-state index in [1.165, 1.54) is 0 Å². The molecule has 0 radical (unpaired) electrons. The van der Waals surface area contributed by atoms with Gasteiger partial charge in [-0.1, -0.05) is 44.2 Å². The van der Waals surface area contributed by atoms with Gasteiger partial charge in [0.15, 0.2) is 6.61 Å². The molecule has 27 heavy (non-hydrogen) atoms. The van der Waals surface area contributed by atoms with E-state index in [2.05, 4.69) is 4.98 Å². The highest BCUT2D eigenvalue weighted by atomic mass is 16.5. The molecule has 0 bridgehead atoms. The largest absolute Gasteiger partial charge is 0.457 e. The van der Waals surface area contributed by atoms with Crippen LogP contribution in [0.15, 0.2) is 39.9 Å². The number of anilines is 1. The van der Waals surface area contributed by atoms with E-state index in [0.29, 0.717) is 6.42 Å². The summed E-state index contributed by atoms with van der Waals surface area (Å²) in [4.78, 5) is 50.1. The predicted molar refractivity (Wildman–Crippen MR) is 101 cm³/mol. The normalized spacial score (nSPS) is 11.8. The molecule has 3 N–H and O–H groups in total. The summed E-state index contributed by atoms with van der Waals surface area (Å²) in [7, 11) is 0. The number of nitrogens with two attached hydrogens (primary N) is 1. The molecule has 8 heteroatoms. The lowest BCUT2D eigenvalue weighted by Crippen LogP contribution is -2.37. The molecule has 0 fully saturated rings. The summed E-state index contributed by atoms with van der Waals surface area (Å²) in [6.07, 6.45) is 0.689. The first kappa shape index (κ1) is 20.2. The van der Waals surface area contributed by atoms with E-state index in [0.717, 1.165) is 10.1 Å². The first-order valence-corrected chi connectivity index (χ1v) is 8.71. The van der Waals surface area contributed by atoms with E-state index in [9.17, 15) is 19.2 Å². The maximum Gasteiger partial charge on any atom is 0.329 e. The SMILES string of the molecule is CCCn1c(N)c(C(=O)COC(=O)C[C@H](C)c2ccccc2)c(=O)[nH]c1=O. The second-order valence-electron chi connectivity index (χ2n) is 6.27. The zero-order valence-electron chi connectivity index (χ0n) is 15.4. The fourth-order valence-electron chi connectivity index (χ4n) is 2.73. The van der Waals surface area contributed by atoms with Crippen molar-refractivity contribution >= 4 is 17.6 Å². The monoisotopic (exact) mass is 373 g/mol. The zero-order valence-corrected chi connectivity index (χ0v) is 15.4. The van der Waals surface area contributed by atoms with Crippen molar-refractivity contribution in [2.24, 2.45) is 0 Å². The van der Waals surface area contributed by atoms with Gasteiger partial charge in [0, 0.05) is 6.54 Å². The standard InChI is InChI=1S/C19H23N3O5/c1-3-9-22-17(20)16(18(25)21-19(22)26)14(23)11-27-15(24)10-12(2)13-7-5-4-6-8-13/h4-8,12H,3,9-11,20H2,1-2H3,(H,21,25,26)/t12-/m0/s1. The molecule has 2 rings (SSSR count). The third-order valence-electron chi connectivity index (χ3n) is 4.17. The van der Waals surface area contributed by atoms with Crippen LogP contribution in [0.2, 0.25) is 0 Å². The van der Waals surface area contributed by atoms with Crippen molar-refractivity contribution in [2.75, 3.05) is 12.3 Å². The predicted octanol–water partition coefficient (Wildman–Crippen LogP) is 1.45. The van der Waals surface area contributed by atoms with Gasteiger partial charge in [0.25, 0.3) is 5.56 Å². The zero-order chi connectivity index (χ0) is 20.0. The number of hydrogen-bond acceptors (Lipinski definition) is 6. The number of aromatic nitrogens is 2. The molecule has 144 valence electrons. The van der Waals surface area contributed by atoms with Crippen LogP contribution in [0.4, 0.5) is 5.82 Å². The number of carbonyl (C=O) groups is 2.